The fraction of sp³-hybridized carbons (Fsp3) is 0.263. The number of rotatable bonds is 4. The second-order valence-electron chi connectivity index (χ2n) is 6.47. The van der Waals surface area contributed by atoms with Gasteiger partial charge < -0.3 is 16.4 Å². The van der Waals surface area contributed by atoms with Crippen molar-refractivity contribution in [3.63, 3.8) is 0 Å². The lowest BCUT2D eigenvalue weighted by Gasteiger charge is -2.30. The number of nitrogens with zero attached hydrogens (tertiary/aromatic N) is 2. The molecular weight excluding hydrogens is 362 g/mol. The van der Waals surface area contributed by atoms with Gasteiger partial charge >= 0.3 is 0 Å². The van der Waals surface area contributed by atoms with E-state index in [0.29, 0.717) is 16.5 Å². The summed E-state index contributed by atoms with van der Waals surface area (Å²) in [6, 6.07) is 10.8. The molecule has 1 aliphatic rings. The van der Waals surface area contributed by atoms with Crippen molar-refractivity contribution < 1.29 is 9.59 Å². The van der Waals surface area contributed by atoms with Crippen molar-refractivity contribution in [3.05, 3.63) is 53.9 Å². The molecule has 0 radical (unpaired) electrons. The van der Waals surface area contributed by atoms with Gasteiger partial charge in [0.2, 0.25) is 5.91 Å². The average molecular weight is 383 g/mol. The summed E-state index contributed by atoms with van der Waals surface area (Å²) < 4.78 is 0. The minimum atomic E-state index is -0.395. The highest BCUT2D eigenvalue weighted by molar-refractivity contribution is 8.13. The monoisotopic (exact) mass is 383 g/mol. The molecule has 8 heteroatoms. The quantitative estimate of drug-likeness (QED) is 0.752. The molecule has 0 spiro atoms. The lowest BCUT2D eigenvalue weighted by Crippen LogP contribution is -2.28. The average Bonchev–Trinajstić information content (AvgIpc) is 2.62. The number of aliphatic imine (C=N–C) groups is 1. The third-order valence-electron chi connectivity index (χ3n) is 4.25. The van der Waals surface area contributed by atoms with Crippen molar-refractivity contribution in [1.29, 1.82) is 0 Å². The Bertz CT molecular complexity index is 897. The molecule has 0 saturated heterocycles. The van der Waals surface area contributed by atoms with E-state index in [1.165, 1.54) is 13.1 Å². The van der Waals surface area contributed by atoms with E-state index < -0.39 is 5.54 Å². The number of anilines is 2. The van der Waals surface area contributed by atoms with Crippen LogP contribution in [0.1, 0.15) is 36.3 Å². The summed E-state index contributed by atoms with van der Waals surface area (Å²) >= 11 is 1.56. The first-order chi connectivity index (χ1) is 12.9. The number of hydrogen-bond acceptors (Lipinski definition) is 6. The fourth-order valence-electron chi connectivity index (χ4n) is 2.83. The van der Waals surface area contributed by atoms with Crippen molar-refractivity contribution in [3.8, 4) is 0 Å². The highest BCUT2D eigenvalue weighted by atomic mass is 32.2. The molecule has 7 nitrogen and oxygen atoms in total. The molecule has 2 aromatic rings. The van der Waals surface area contributed by atoms with Crippen LogP contribution in [0.3, 0.4) is 0 Å². The molecule has 1 aliphatic heterocycles. The topological polar surface area (TPSA) is 109 Å². The third kappa shape index (κ3) is 4.65. The van der Waals surface area contributed by atoms with Gasteiger partial charge in [0.05, 0.1) is 17.4 Å². The number of benzene rings is 1. The summed E-state index contributed by atoms with van der Waals surface area (Å²) in [6.45, 7) is 3.46. The van der Waals surface area contributed by atoms with Gasteiger partial charge in [-0.3, -0.25) is 14.6 Å². The van der Waals surface area contributed by atoms with E-state index in [1.54, 1.807) is 23.9 Å². The van der Waals surface area contributed by atoms with E-state index in [-0.39, 0.29) is 17.5 Å². The lowest BCUT2D eigenvalue weighted by atomic mass is 9.89. The van der Waals surface area contributed by atoms with Crippen LogP contribution in [-0.2, 0) is 10.3 Å². The molecule has 1 unspecified atom stereocenters. The zero-order valence-corrected chi connectivity index (χ0v) is 16.0. The molecule has 2 amide bonds. The van der Waals surface area contributed by atoms with Gasteiger partial charge in [-0.2, -0.15) is 0 Å². The van der Waals surface area contributed by atoms with E-state index in [0.717, 1.165) is 17.7 Å². The summed E-state index contributed by atoms with van der Waals surface area (Å²) in [5.41, 5.74) is 7.96. The zero-order chi connectivity index (χ0) is 19.4. The molecule has 1 atom stereocenters. The summed E-state index contributed by atoms with van der Waals surface area (Å²) in [7, 11) is 0. The van der Waals surface area contributed by atoms with Crippen LogP contribution < -0.4 is 16.4 Å². The minimum absolute atomic E-state index is 0.191. The van der Waals surface area contributed by atoms with Crippen LogP contribution in [-0.4, -0.2) is 27.7 Å². The number of aromatic nitrogens is 1. The number of carbonyl (C=O) groups excluding carboxylic acids is 2. The van der Waals surface area contributed by atoms with Gasteiger partial charge in [-0.1, -0.05) is 23.9 Å². The Hall–Kier alpha value is -2.87. The van der Waals surface area contributed by atoms with E-state index in [4.69, 9.17) is 5.73 Å². The first-order valence-corrected chi connectivity index (χ1v) is 9.48. The lowest BCUT2D eigenvalue weighted by molar-refractivity contribution is -0.114. The molecule has 0 fully saturated rings. The number of hydrogen-bond donors (Lipinski definition) is 3. The zero-order valence-electron chi connectivity index (χ0n) is 15.2. The summed E-state index contributed by atoms with van der Waals surface area (Å²) in [5.74, 6) is 0.394. The number of carbonyl (C=O) groups is 2. The van der Waals surface area contributed by atoms with Gasteiger partial charge in [-0.25, -0.2) is 4.98 Å². The maximum Gasteiger partial charge on any atom is 0.274 e. The Labute approximate surface area is 161 Å². The Morgan fingerprint density at radius 1 is 1.19 bits per heavy atom. The molecule has 0 saturated carbocycles. The third-order valence-corrected chi connectivity index (χ3v) is 5.05. The van der Waals surface area contributed by atoms with Crippen molar-refractivity contribution >= 4 is 40.1 Å². The van der Waals surface area contributed by atoms with Crippen molar-refractivity contribution in [2.45, 2.75) is 25.8 Å². The van der Waals surface area contributed by atoms with Crippen molar-refractivity contribution in [1.82, 2.24) is 4.98 Å². The minimum Gasteiger partial charge on any atom is -0.379 e. The van der Waals surface area contributed by atoms with Crippen molar-refractivity contribution in [2.75, 3.05) is 16.4 Å². The highest BCUT2D eigenvalue weighted by Gasteiger charge is 2.29. The molecule has 140 valence electrons. The van der Waals surface area contributed by atoms with Crippen LogP contribution in [0.15, 0.2) is 47.6 Å². The van der Waals surface area contributed by atoms with E-state index in [1.807, 2.05) is 31.2 Å². The van der Waals surface area contributed by atoms with E-state index in [9.17, 15) is 9.59 Å². The van der Waals surface area contributed by atoms with E-state index >= 15 is 0 Å². The molecule has 0 bridgehead atoms. The van der Waals surface area contributed by atoms with Gasteiger partial charge in [-0.15, -0.1) is 0 Å². The number of pyridine rings is 1. The largest absolute Gasteiger partial charge is 0.379 e. The maximum atomic E-state index is 12.5. The molecule has 1 aromatic carbocycles. The molecule has 27 heavy (non-hydrogen) atoms. The molecule has 4 N–H and O–H groups in total. The van der Waals surface area contributed by atoms with Crippen LogP contribution >= 0.6 is 11.8 Å². The number of amidine groups is 1. The molecule has 2 heterocycles. The van der Waals surface area contributed by atoms with E-state index in [2.05, 4.69) is 20.6 Å². The summed E-state index contributed by atoms with van der Waals surface area (Å²) in [5, 5.41) is 6.05. The van der Waals surface area contributed by atoms with Crippen LogP contribution in [0.5, 0.6) is 0 Å². The van der Waals surface area contributed by atoms with Gasteiger partial charge in [0.15, 0.2) is 5.17 Å². The summed E-state index contributed by atoms with van der Waals surface area (Å²) in [4.78, 5) is 32.2. The Balaban J connectivity index is 1.75. The first-order valence-electron chi connectivity index (χ1n) is 8.49. The Morgan fingerprint density at radius 2 is 2.00 bits per heavy atom. The molecule has 0 aliphatic carbocycles. The fourth-order valence-corrected chi connectivity index (χ4v) is 3.80. The van der Waals surface area contributed by atoms with Gasteiger partial charge in [-0.05, 0) is 43.2 Å². The maximum absolute atomic E-state index is 12.5. The summed E-state index contributed by atoms with van der Waals surface area (Å²) in [6.07, 6.45) is 2.33. The first kappa shape index (κ1) is 18.9. The smallest absolute Gasteiger partial charge is 0.274 e. The molecular formula is C19H21N5O2S. The van der Waals surface area contributed by atoms with Gasteiger partial charge in [0.1, 0.15) is 5.69 Å². The number of amides is 2. The van der Waals surface area contributed by atoms with Gasteiger partial charge in [0.25, 0.3) is 5.91 Å². The van der Waals surface area contributed by atoms with Crippen LogP contribution in [0.25, 0.3) is 0 Å². The SMILES string of the molecule is CC(=O)Nc1ccc(C(=O)Nc2cccc(C3(C)CCSC(N)=N3)c2)nc1. The van der Waals surface area contributed by atoms with Crippen LogP contribution in [0.4, 0.5) is 11.4 Å². The highest BCUT2D eigenvalue weighted by Crippen LogP contribution is 2.35. The van der Waals surface area contributed by atoms with Crippen LogP contribution in [0, 0.1) is 0 Å². The number of nitrogens with two attached hydrogens (primary N) is 1. The Kier molecular flexibility index (Phi) is 5.46. The molecule has 3 rings (SSSR count). The predicted molar refractivity (Wildman–Crippen MR) is 109 cm³/mol. The second-order valence-corrected chi connectivity index (χ2v) is 7.59. The number of nitrogens with one attached hydrogen (secondary N) is 2. The second kappa shape index (κ2) is 7.79. The van der Waals surface area contributed by atoms with Gasteiger partial charge in [0, 0.05) is 18.4 Å². The van der Waals surface area contributed by atoms with Crippen molar-refractivity contribution in [2.24, 2.45) is 10.7 Å². The Morgan fingerprint density at radius 3 is 2.67 bits per heavy atom. The molecule has 1 aromatic heterocycles. The van der Waals surface area contributed by atoms with Crippen LogP contribution in [0.2, 0.25) is 0 Å². The normalized spacial score (nSPS) is 19.1. The predicted octanol–water partition coefficient (Wildman–Crippen LogP) is 2.96. The standard InChI is InChI=1S/C19H21N5O2S/c1-12(25)22-15-6-7-16(21-11-15)17(26)23-14-5-3-4-13(10-14)19(2)8-9-27-18(20)24-19/h3-7,10-11H,8-9H2,1-2H3,(H2,20,24)(H,22,25)(H,23,26). The number of thioether (sulfide) groups is 1.